The Morgan fingerprint density at radius 2 is 1.50 bits per heavy atom. The summed E-state index contributed by atoms with van der Waals surface area (Å²) in [4.78, 5) is 0. The fraction of sp³-hybridized carbons (Fsp3) is 1.00. The lowest BCUT2D eigenvalue weighted by atomic mass is 9.75. The molecule has 0 nitrogen and oxygen atoms in total. The Labute approximate surface area is 77.7 Å². The van der Waals surface area contributed by atoms with E-state index in [0.717, 1.165) is 23.7 Å². The molecule has 12 heavy (non-hydrogen) atoms. The van der Waals surface area contributed by atoms with E-state index in [0.29, 0.717) is 5.41 Å². The molecule has 0 aromatic rings. The quantitative estimate of drug-likeness (QED) is 0.556. The minimum atomic E-state index is 0.556. The zero-order valence-electron chi connectivity index (χ0n) is 9.52. The zero-order valence-corrected chi connectivity index (χ0v) is 9.52. The molecule has 1 saturated carbocycles. The lowest BCUT2D eigenvalue weighted by Gasteiger charge is -2.30. The van der Waals surface area contributed by atoms with Crippen molar-refractivity contribution in [3.05, 3.63) is 0 Å². The lowest BCUT2D eigenvalue weighted by Crippen LogP contribution is -2.23. The van der Waals surface area contributed by atoms with Gasteiger partial charge in [-0.1, -0.05) is 48.0 Å². The van der Waals surface area contributed by atoms with Crippen molar-refractivity contribution in [2.24, 2.45) is 29.1 Å². The van der Waals surface area contributed by atoms with Gasteiger partial charge in [0.25, 0.3) is 0 Å². The second kappa shape index (κ2) is 3.05. The van der Waals surface area contributed by atoms with Crippen LogP contribution in [-0.4, -0.2) is 0 Å². The highest BCUT2D eigenvalue weighted by molar-refractivity contribution is 4.96. The fourth-order valence-electron chi connectivity index (χ4n) is 3.20. The van der Waals surface area contributed by atoms with Gasteiger partial charge in [-0.3, -0.25) is 0 Å². The van der Waals surface area contributed by atoms with Crippen molar-refractivity contribution in [1.29, 1.82) is 0 Å². The summed E-state index contributed by atoms with van der Waals surface area (Å²) in [7, 11) is 0. The molecule has 0 amide bonds. The van der Waals surface area contributed by atoms with Crippen LogP contribution in [0.3, 0.4) is 0 Å². The maximum absolute atomic E-state index is 2.44. The van der Waals surface area contributed by atoms with Crippen molar-refractivity contribution in [1.82, 2.24) is 0 Å². The van der Waals surface area contributed by atoms with E-state index in [9.17, 15) is 0 Å². The molecule has 1 aliphatic carbocycles. The summed E-state index contributed by atoms with van der Waals surface area (Å²) in [6.45, 7) is 14.5. The van der Waals surface area contributed by atoms with Crippen molar-refractivity contribution < 1.29 is 0 Å². The average molecular weight is 168 g/mol. The molecule has 1 rings (SSSR count). The average Bonchev–Trinajstić information content (AvgIpc) is 2.15. The lowest BCUT2D eigenvalue weighted by molar-refractivity contribution is 0.190. The van der Waals surface area contributed by atoms with Crippen LogP contribution in [-0.2, 0) is 0 Å². The van der Waals surface area contributed by atoms with E-state index in [4.69, 9.17) is 0 Å². The maximum Gasteiger partial charge on any atom is -0.0297 e. The van der Waals surface area contributed by atoms with Crippen molar-refractivity contribution in [3.63, 3.8) is 0 Å². The van der Waals surface area contributed by atoms with Gasteiger partial charge < -0.3 is 0 Å². The molecule has 0 heterocycles. The second-order valence-corrected chi connectivity index (χ2v) is 5.33. The molecule has 0 aromatic carbocycles. The van der Waals surface area contributed by atoms with E-state index in [1.54, 1.807) is 0 Å². The SMILES string of the molecule is CC[C@H]1C(C)C(C)C(C)(C)[C@H]1C. The molecule has 1 aliphatic rings. The molecule has 0 aliphatic heterocycles. The van der Waals surface area contributed by atoms with Gasteiger partial charge >= 0.3 is 0 Å². The fourth-order valence-corrected chi connectivity index (χ4v) is 3.20. The molecule has 0 aromatic heterocycles. The van der Waals surface area contributed by atoms with Crippen LogP contribution in [0.4, 0.5) is 0 Å². The van der Waals surface area contributed by atoms with E-state index < -0.39 is 0 Å². The Morgan fingerprint density at radius 3 is 1.67 bits per heavy atom. The number of hydrogen-bond donors (Lipinski definition) is 0. The molecule has 2 unspecified atom stereocenters. The van der Waals surface area contributed by atoms with Gasteiger partial charge in [0.15, 0.2) is 0 Å². The molecule has 0 N–H and O–H groups in total. The number of hydrogen-bond acceptors (Lipinski definition) is 0. The molecule has 4 atom stereocenters. The van der Waals surface area contributed by atoms with Gasteiger partial charge in [0, 0.05) is 0 Å². The van der Waals surface area contributed by atoms with Gasteiger partial charge in [-0.15, -0.1) is 0 Å². The predicted molar refractivity (Wildman–Crippen MR) is 55.1 cm³/mol. The highest BCUT2D eigenvalue weighted by atomic mass is 14.5. The van der Waals surface area contributed by atoms with E-state index in [1.165, 1.54) is 6.42 Å². The summed E-state index contributed by atoms with van der Waals surface area (Å²) in [5.74, 6) is 3.65. The third kappa shape index (κ3) is 1.20. The minimum Gasteiger partial charge on any atom is -0.0651 e. The first-order valence-corrected chi connectivity index (χ1v) is 5.42. The van der Waals surface area contributed by atoms with E-state index in [1.807, 2.05) is 0 Å². The second-order valence-electron chi connectivity index (χ2n) is 5.33. The largest absolute Gasteiger partial charge is 0.0651 e. The Morgan fingerprint density at radius 1 is 1.00 bits per heavy atom. The molecule has 1 fully saturated rings. The molecule has 0 saturated heterocycles. The van der Waals surface area contributed by atoms with Gasteiger partial charge in [-0.05, 0) is 29.1 Å². The summed E-state index contributed by atoms with van der Waals surface area (Å²) in [5, 5.41) is 0. The smallest absolute Gasteiger partial charge is 0.0297 e. The normalized spacial score (nSPS) is 46.5. The van der Waals surface area contributed by atoms with Gasteiger partial charge in [-0.25, -0.2) is 0 Å². The topological polar surface area (TPSA) is 0 Å². The van der Waals surface area contributed by atoms with Crippen LogP contribution >= 0.6 is 0 Å². The highest BCUT2D eigenvalue weighted by Gasteiger charge is 2.47. The molecule has 72 valence electrons. The van der Waals surface area contributed by atoms with Crippen LogP contribution in [0.2, 0.25) is 0 Å². The standard InChI is InChI=1S/C12H24/c1-7-11-8(2)9(3)12(5,6)10(11)4/h8-11H,7H2,1-6H3/t8?,9?,10-,11-/m0/s1. The molecular formula is C12H24. The van der Waals surface area contributed by atoms with Gasteiger partial charge in [-0.2, -0.15) is 0 Å². The van der Waals surface area contributed by atoms with Crippen LogP contribution in [0, 0.1) is 29.1 Å². The first-order valence-electron chi connectivity index (χ1n) is 5.42. The Hall–Kier alpha value is 0. The predicted octanol–water partition coefficient (Wildman–Crippen LogP) is 3.96. The van der Waals surface area contributed by atoms with Crippen molar-refractivity contribution in [2.45, 2.75) is 48.0 Å². The Bertz CT molecular complexity index is 157. The van der Waals surface area contributed by atoms with Crippen molar-refractivity contribution in [3.8, 4) is 0 Å². The third-order valence-electron chi connectivity index (χ3n) is 4.92. The number of rotatable bonds is 1. The minimum absolute atomic E-state index is 0.556. The van der Waals surface area contributed by atoms with Gasteiger partial charge in [0.1, 0.15) is 0 Å². The first-order chi connectivity index (χ1) is 5.42. The van der Waals surface area contributed by atoms with Gasteiger partial charge in [0.05, 0.1) is 0 Å². The van der Waals surface area contributed by atoms with Gasteiger partial charge in [0.2, 0.25) is 0 Å². The van der Waals surface area contributed by atoms with Crippen LogP contribution < -0.4 is 0 Å². The van der Waals surface area contributed by atoms with Crippen LogP contribution in [0.25, 0.3) is 0 Å². The highest BCUT2D eigenvalue weighted by Crippen LogP contribution is 2.54. The zero-order chi connectivity index (χ0) is 9.52. The Balaban J connectivity index is 2.86. The van der Waals surface area contributed by atoms with Crippen LogP contribution in [0.15, 0.2) is 0 Å². The first kappa shape index (κ1) is 10.1. The van der Waals surface area contributed by atoms with Crippen molar-refractivity contribution >= 4 is 0 Å². The monoisotopic (exact) mass is 168 g/mol. The summed E-state index contributed by atoms with van der Waals surface area (Å²) in [6, 6.07) is 0. The maximum atomic E-state index is 2.44. The van der Waals surface area contributed by atoms with E-state index >= 15 is 0 Å². The summed E-state index contributed by atoms with van der Waals surface area (Å²) in [5.41, 5.74) is 0.556. The van der Waals surface area contributed by atoms with Crippen LogP contribution in [0.1, 0.15) is 48.0 Å². The third-order valence-corrected chi connectivity index (χ3v) is 4.92. The molecule has 0 bridgehead atoms. The van der Waals surface area contributed by atoms with E-state index in [2.05, 4.69) is 41.5 Å². The molecule has 0 spiro atoms. The van der Waals surface area contributed by atoms with Crippen LogP contribution in [0.5, 0.6) is 0 Å². The molecular weight excluding hydrogens is 144 g/mol. The molecule has 0 heteroatoms. The summed E-state index contributed by atoms with van der Waals surface area (Å²) >= 11 is 0. The van der Waals surface area contributed by atoms with E-state index in [-0.39, 0.29) is 0 Å². The summed E-state index contributed by atoms with van der Waals surface area (Å²) < 4.78 is 0. The Kier molecular flexibility index (Phi) is 2.56. The summed E-state index contributed by atoms with van der Waals surface area (Å²) in [6.07, 6.45) is 1.36. The molecule has 0 radical (unpaired) electrons. The van der Waals surface area contributed by atoms with Crippen molar-refractivity contribution in [2.75, 3.05) is 0 Å².